The highest BCUT2D eigenvalue weighted by molar-refractivity contribution is 7.89. The lowest BCUT2D eigenvalue weighted by Crippen LogP contribution is -2.48. The van der Waals surface area contributed by atoms with Crippen molar-refractivity contribution in [1.82, 2.24) is 4.31 Å². The maximum atomic E-state index is 13.5. The second kappa shape index (κ2) is 8.79. The number of rotatable bonds is 5. The van der Waals surface area contributed by atoms with E-state index in [-0.39, 0.29) is 42.1 Å². The van der Waals surface area contributed by atoms with E-state index in [1.807, 2.05) is 0 Å². The van der Waals surface area contributed by atoms with Crippen molar-refractivity contribution in [1.29, 1.82) is 0 Å². The number of carbonyl (C=O) groups excluding carboxylic acids is 1. The van der Waals surface area contributed by atoms with E-state index in [0.717, 1.165) is 12.1 Å². The number of benzene rings is 2. The highest BCUT2D eigenvalue weighted by Gasteiger charge is 2.37. The number of nitrogens with one attached hydrogen (secondary N) is 1. The number of nitrogens with zero attached hydrogens (tertiary/aromatic N) is 1. The number of piperidine rings is 1. The Bertz CT molecular complexity index is 1100. The molecule has 0 saturated carbocycles. The van der Waals surface area contributed by atoms with Crippen molar-refractivity contribution in [3.63, 3.8) is 0 Å². The fraction of sp³-hybridized carbons (Fsp3) is 0.350. The van der Waals surface area contributed by atoms with Crippen molar-refractivity contribution in [2.75, 3.05) is 25.0 Å². The van der Waals surface area contributed by atoms with Crippen LogP contribution in [0.1, 0.15) is 28.8 Å². The summed E-state index contributed by atoms with van der Waals surface area (Å²) in [4.78, 5) is 12.5. The van der Waals surface area contributed by atoms with Gasteiger partial charge in [0, 0.05) is 30.4 Å². The van der Waals surface area contributed by atoms with Crippen LogP contribution in [0.3, 0.4) is 0 Å². The van der Waals surface area contributed by atoms with Gasteiger partial charge in [-0.25, -0.2) is 17.2 Å². The Morgan fingerprint density at radius 3 is 2.45 bits per heavy atom. The van der Waals surface area contributed by atoms with Crippen molar-refractivity contribution in [3.8, 4) is 0 Å². The van der Waals surface area contributed by atoms with Crippen LogP contribution in [0, 0.1) is 18.6 Å². The minimum absolute atomic E-state index is 0.00565. The number of halogens is 3. The second-order valence-electron chi connectivity index (χ2n) is 7.47. The molecule has 11 heteroatoms. The van der Waals surface area contributed by atoms with Gasteiger partial charge < -0.3 is 15.5 Å². The zero-order valence-corrected chi connectivity index (χ0v) is 18.1. The first-order valence-electron chi connectivity index (χ1n) is 9.37. The number of anilines is 1. The number of aliphatic hydroxyl groups is 2. The molecule has 1 aliphatic rings. The van der Waals surface area contributed by atoms with Crippen LogP contribution in [0.25, 0.3) is 0 Å². The highest BCUT2D eigenvalue weighted by Crippen LogP contribution is 2.29. The molecule has 0 radical (unpaired) electrons. The fourth-order valence-corrected chi connectivity index (χ4v) is 5.19. The summed E-state index contributed by atoms with van der Waals surface area (Å²) < 4.78 is 54.3. The van der Waals surface area contributed by atoms with Gasteiger partial charge in [-0.1, -0.05) is 17.7 Å². The molecule has 1 fully saturated rings. The second-order valence-corrected chi connectivity index (χ2v) is 9.79. The summed E-state index contributed by atoms with van der Waals surface area (Å²) in [7, 11) is -3.97. The van der Waals surface area contributed by atoms with Gasteiger partial charge in [-0.3, -0.25) is 4.79 Å². The monoisotopic (exact) mass is 474 g/mol. The van der Waals surface area contributed by atoms with Crippen LogP contribution in [-0.2, 0) is 10.0 Å². The third kappa shape index (κ3) is 4.88. The molecule has 168 valence electrons. The zero-order chi connectivity index (χ0) is 23.0. The number of aliphatic hydroxyl groups excluding tert-OH is 1. The minimum Gasteiger partial charge on any atom is -0.393 e. The predicted octanol–water partition coefficient (Wildman–Crippen LogP) is 2.69. The van der Waals surface area contributed by atoms with Gasteiger partial charge in [0.2, 0.25) is 10.0 Å². The van der Waals surface area contributed by atoms with E-state index in [4.69, 9.17) is 11.6 Å². The van der Waals surface area contributed by atoms with Gasteiger partial charge >= 0.3 is 0 Å². The first-order chi connectivity index (χ1) is 14.5. The molecule has 1 heterocycles. The molecule has 1 aliphatic heterocycles. The standard InChI is InChI=1S/C20H21ClF2N2O5S/c1-12-2-3-13(19(27)24-14-9-15(21)18(23)16(22)10-14)8-17(12)31(29,30)25-6-4-20(28,11-26)5-7-25/h2-3,8-10,26,28H,4-7,11H2,1H3,(H,24,27). The van der Waals surface area contributed by atoms with Crippen molar-refractivity contribution in [3.05, 3.63) is 58.1 Å². The average Bonchev–Trinajstić information content (AvgIpc) is 2.72. The number of amides is 1. The third-order valence-corrected chi connectivity index (χ3v) is 7.57. The number of hydrogen-bond acceptors (Lipinski definition) is 5. The molecule has 0 aromatic heterocycles. The Morgan fingerprint density at radius 1 is 1.23 bits per heavy atom. The molecule has 0 aliphatic carbocycles. The molecule has 2 aromatic rings. The van der Waals surface area contributed by atoms with Crippen molar-refractivity contribution in [2.45, 2.75) is 30.3 Å². The Labute approximate surface area is 183 Å². The van der Waals surface area contributed by atoms with Gasteiger partial charge in [0.05, 0.1) is 22.1 Å². The topological polar surface area (TPSA) is 107 Å². The largest absolute Gasteiger partial charge is 0.393 e. The maximum absolute atomic E-state index is 13.5. The van der Waals surface area contributed by atoms with Crippen molar-refractivity contribution in [2.24, 2.45) is 0 Å². The van der Waals surface area contributed by atoms with Crippen molar-refractivity contribution < 1.29 is 32.2 Å². The van der Waals surface area contributed by atoms with E-state index >= 15 is 0 Å². The SMILES string of the molecule is Cc1ccc(C(=O)Nc2cc(F)c(F)c(Cl)c2)cc1S(=O)(=O)N1CCC(O)(CO)CC1. The lowest BCUT2D eigenvalue weighted by molar-refractivity contribution is -0.0480. The minimum atomic E-state index is -3.97. The summed E-state index contributed by atoms with van der Waals surface area (Å²) in [5.74, 6) is -3.20. The molecule has 31 heavy (non-hydrogen) atoms. The molecule has 0 unspecified atom stereocenters. The predicted molar refractivity (Wildman–Crippen MR) is 111 cm³/mol. The summed E-state index contributed by atoms with van der Waals surface area (Å²) >= 11 is 5.59. The molecule has 1 saturated heterocycles. The third-order valence-electron chi connectivity index (χ3n) is 5.26. The van der Waals surface area contributed by atoms with E-state index in [0.29, 0.717) is 5.56 Å². The summed E-state index contributed by atoms with van der Waals surface area (Å²) in [6.07, 6.45) is 0.164. The van der Waals surface area contributed by atoms with Gasteiger partial charge in [0.25, 0.3) is 5.91 Å². The first-order valence-corrected chi connectivity index (χ1v) is 11.2. The smallest absolute Gasteiger partial charge is 0.255 e. The first kappa shape index (κ1) is 23.6. The van der Waals surface area contributed by atoms with E-state index in [2.05, 4.69) is 5.32 Å². The molecule has 2 aromatic carbocycles. The van der Waals surface area contributed by atoms with E-state index in [1.165, 1.54) is 22.5 Å². The molecule has 7 nitrogen and oxygen atoms in total. The summed E-state index contributed by atoms with van der Waals surface area (Å²) in [6.45, 7) is 1.16. The van der Waals surface area contributed by atoms with Gasteiger partial charge in [-0.05, 0) is 43.5 Å². The van der Waals surface area contributed by atoms with Crippen LogP contribution >= 0.6 is 11.6 Å². The van der Waals surface area contributed by atoms with Crippen LogP contribution in [-0.4, -0.2) is 54.1 Å². The Kier molecular flexibility index (Phi) is 6.68. The Balaban J connectivity index is 1.85. The Hall–Kier alpha value is -2.11. The van der Waals surface area contributed by atoms with Gasteiger partial charge in [-0.15, -0.1) is 0 Å². The number of hydrogen-bond donors (Lipinski definition) is 3. The molecule has 0 bridgehead atoms. The van der Waals surface area contributed by atoms with Crippen LogP contribution in [0.5, 0.6) is 0 Å². The van der Waals surface area contributed by atoms with E-state index in [1.54, 1.807) is 6.92 Å². The quantitative estimate of drug-likeness (QED) is 0.578. The van der Waals surface area contributed by atoms with Crippen LogP contribution in [0.2, 0.25) is 5.02 Å². The number of sulfonamides is 1. The van der Waals surface area contributed by atoms with Gasteiger partial charge in [0.1, 0.15) is 0 Å². The zero-order valence-electron chi connectivity index (χ0n) is 16.5. The van der Waals surface area contributed by atoms with E-state index in [9.17, 15) is 32.2 Å². The summed E-state index contributed by atoms with van der Waals surface area (Å²) in [6, 6.07) is 5.88. The summed E-state index contributed by atoms with van der Waals surface area (Å²) in [5.41, 5.74) is -0.989. The summed E-state index contributed by atoms with van der Waals surface area (Å²) in [5, 5.41) is 21.2. The number of aryl methyl sites for hydroxylation is 1. The molecule has 0 atom stereocenters. The lowest BCUT2D eigenvalue weighted by atomic mass is 9.94. The lowest BCUT2D eigenvalue weighted by Gasteiger charge is -2.36. The molecule has 3 N–H and O–H groups in total. The average molecular weight is 475 g/mol. The van der Waals surface area contributed by atoms with Crippen LogP contribution in [0.15, 0.2) is 35.2 Å². The molecule has 0 spiro atoms. The van der Waals surface area contributed by atoms with Gasteiger partial charge in [-0.2, -0.15) is 4.31 Å². The molecule has 3 rings (SSSR count). The van der Waals surface area contributed by atoms with Gasteiger partial charge in [0.15, 0.2) is 11.6 Å². The molecule has 1 amide bonds. The molecular formula is C20H21ClF2N2O5S. The normalized spacial score (nSPS) is 16.8. The highest BCUT2D eigenvalue weighted by atomic mass is 35.5. The van der Waals surface area contributed by atoms with Crippen LogP contribution in [0.4, 0.5) is 14.5 Å². The number of carbonyl (C=O) groups is 1. The Morgan fingerprint density at radius 2 is 1.87 bits per heavy atom. The molecular weight excluding hydrogens is 454 g/mol. The van der Waals surface area contributed by atoms with Crippen molar-refractivity contribution >= 4 is 33.2 Å². The maximum Gasteiger partial charge on any atom is 0.255 e. The van der Waals surface area contributed by atoms with Crippen LogP contribution < -0.4 is 5.32 Å². The van der Waals surface area contributed by atoms with E-state index < -0.39 is 44.8 Å². The fourth-order valence-electron chi connectivity index (χ4n) is 3.29.